The number of hydrogen-bond donors (Lipinski definition) is 0. The molecule has 0 aromatic heterocycles. The molecule has 2 aromatic carbocycles. The minimum absolute atomic E-state index is 0.164. The standard InChI is InChI=1S/C21H21NO3/c1-2-13-23-14-21-15-24-19(17-9-5-3-6-10-17)22(21)20(25-16-21)18-11-7-4-8-12-18/h1,3-12,19-20H,13-16H2. The van der Waals surface area contributed by atoms with Crippen molar-refractivity contribution in [2.24, 2.45) is 0 Å². The van der Waals surface area contributed by atoms with Crippen molar-refractivity contribution in [1.82, 2.24) is 4.90 Å². The Bertz CT molecular complexity index is 689. The molecule has 2 aliphatic rings. The summed E-state index contributed by atoms with van der Waals surface area (Å²) in [6.07, 6.45) is 5.01. The van der Waals surface area contributed by atoms with Crippen LogP contribution in [0.5, 0.6) is 0 Å². The zero-order valence-electron chi connectivity index (χ0n) is 14.0. The van der Waals surface area contributed by atoms with Gasteiger partial charge in [-0.3, -0.25) is 0 Å². The summed E-state index contributed by atoms with van der Waals surface area (Å²) in [4.78, 5) is 2.30. The zero-order valence-corrected chi connectivity index (χ0v) is 14.0. The molecule has 0 radical (unpaired) electrons. The number of benzene rings is 2. The van der Waals surface area contributed by atoms with Crippen LogP contribution in [0.2, 0.25) is 0 Å². The first-order valence-corrected chi connectivity index (χ1v) is 8.47. The SMILES string of the molecule is C#CCOCC12COC(c3ccccc3)N1C(c1ccccc1)OC2. The van der Waals surface area contributed by atoms with Crippen LogP contribution in [0, 0.1) is 12.3 Å². The van der Waals surface area contributed by atoms with Gasteiger partial charge < -0.3 is 14.2 Å². The maximum absolute atomic E-state index is 6.21. The van der Waals surface area contributed by atoms with Gasteiger partial charge in [-0.2, -0.15) is 0 Å². The second kappa shape index (κ2) is 6.99. The zero-order chi connectivity index (χ0) is 17.1. The van der Waals surface area contributed by atoms with Crippen LogP contribution >= 0.6 is 0 Å². The van der Waals surface area contributed by atoms with Crippen molar-refractivity contribution in [1.29, 1.82) is 0 Å². The summed E-state index contributed by atoms with van der Waals surface area (Å²) in [7, 11) is 0. The van der Waals surface area contributed by atoms with Crippen molar-refractivity contribution in [2.75, 3.05) is 26.4 Å². The summed E-state index contributed by atoms with van der Waals surface area (Å²) in [5, 5.41) is 0. The molecule has 25 heavy (non-hydrogen) atoms. The normalized spacial score (nSPS) is 28.6. The number of hydrogen-bond acceptors (Lipinski definition) is 4. The van der Waals surface area contributed by atoms with Crippen LogP contribution in [0.15, 0.2) is 60.7 Å². The molecule has 0 bridgehead atoms. The molecule has 0 N–H and O–H groups in total. The molecule has 4 nitrogen and oxygen atoms in total. The molecule has 2 atom stereocenters. The Kier molecular flexibility index (Phi) is 4.56. The maximum Gasteiger partial charge on any atom is 0.139 e. The predicted molar refractivity (Wildman–Crippen MR) is 94.5 cm³/mol. The van der Waals surface area contributed by atoms with E-state index < -0.39 is 0 Å². The fraction of sp³-hybridized carbons (Fsp3) is 0.333. The van der Waals surface area contributed by atoms with Gasteiger partial charge in [0.15, 0.2) is 0 Å². The molecule has 2 fully saturated rings. The molecule has 0 spiro atoms. The molecule has 2 unspecified atom stereocenters. The van der Waals surface area contributed by atoms with Crippen molar-refractivity contribution < 1.29 is 14.2 Å². The molecular weight excluding hydrogens is 314 g/mol. The van der Waals surface area contributed by atoms with E-state index >= 15 is 0 Å². The predicted octanol–water partition coefficient (Wildman–Crippen LogP) is 3.14. The number of nitrogens with zero attached hydrogens (tertiary/aromatic N) is 1. The Morgan fingerprint density at radius 3 is 1.96 bits per heavy atom. The van der Waals surface area contributed by atoms with Crippen LogP contribution < -0.4 is 0 Å². The van der Waals surface area contributed by atoms with Crippen LogP contribution in [-0.4, -0.2) is 36.9 Å². The smallest absolute Gasteiger partial charge is 0.139 e. The van der Waals surface area contributed by atoms with Crippen molar-refractivity contribution in [3.8, 4) is 12.3 Å². The summed E-state index contributed by atoms with van der Waals surface area (Å²) in [5.74, 6) is 2.53. The van der Waals surface area contributed by atoms with E-state index in [1.807, 2.05) is 36.4 Å². The van der Waals surface area contributed by atoms with Gasteiger partial charge in [0, 0.05) is 0 Å². The van der Waals surface area contributed by atoms with Gasteiger partial charge in [-0.15, -0.1) is 6.42 Å². The average Bonchev–Trinajstić information content (AvgIpc) is 3.21. The van der Waals surface area contributed by atoms with Gasteiger partial charge in [0.05, 0.1) is 25.4 Å². The molecule has 2 aromatic rings. The second-order valence-corrected chi connectivity index (χ2v) is 6.48. The third-order valence-corrected chi connectivity index (χ3v) is 4.80. The molecule has 128 valence electrons. The van der Waals surface area contributed by atoms with Gasteiger partial charge in [0.2, 0.25) is 0 Å². The largest absolute Gasteiger partial charge is 0.367 e. The summed E-state index contributed by atoms with van der Waals surface area (Å²) in [6, 6.07) is 20.5. The van der Waals surface area contributed by atoms with Gasteiger partial charge >= 0.3 is 0 Å². The van der Waals surface area contributed by atoms with Crippen molar-refractivity contribution >= 4 is 0 Å². The minimum atomic E-state index is -0.322. The fourth-order valence-corrected chi connectivity index (χ4v) is 3.65. The van der Waals surface area contributed by atoms with E-state index in [0.29, 0.717) is 26.4 Å². The number of ether oxygens (including phenoxy) is 3. The molecule has 2 aliphatic heterocycles. The van der Waals surface area contributed by atoms with E-state index in [0.717, 1.165) is 11.1 Å². The van der Waals surface area contributed by atoms with E-state index in [-0.39, 0.29) is 18.0 Å². The fourth-order valence-electron chi connectivity index (χ4n) is 3.65. The Hall–Kier alpha value is -2.16. The lowest BCUT2D eigenvalue weighted by Crippen LogP contribution is -2.48. The summed E-state index contributed by atoms with van der Waals surface area (Å²) >= 11 is 0. The van der Waals surface area contributed by atoms with E-state index in [4.69, 9.17) is 20.6 Å². The number of terminal acetylenes is 1. The highest BCUT2D eigenvalue weighted by atomic mass is 16.6. The molecule has 2 heterocycles. The highest BCUT2D eigenvalue weighted by Crippen LogP contribution is 2.48. The van der Waals surface area contributed by atoms with Crippen molar-refractivity contribution in [3.05, 3.63) is 71.8 Å². The Morgan fingerprint density at radius 1 is 0.960 bits per heavy atom. The first-order valence-electron chi connectivity index (χ1n) is 8.47. The topological polar surface area (TPSA) is 30.9 Å². The average molecular weight is 335 g/mol. The lowest BCUT2D eigenvalue weighted by atomic mass is 10.0. The first kappa shape index (κ1) is 16.3. The second-order valence-electron chi connectivity index (χ2n) is 6.48. The number of rotatable bonds is 5. The quantitative estimate of drug-likeness (QED) is 0.620. The molecule has 4 rings (SSSR count). The number of fused-ring (bicyclic) bond motifs is 1. The van der Waals surface area contributed by atoms with Crippen LogP contribution in [-0.2, 0) is 14.2 Å². The molecule has 0 aliphatic carbocycles. The lowest BCUT2D eigenvalue weighted by molar-refractivity contribution is -0.0637. The summed E-state index contributed by atoms with van der Waals surface area (Å²) in [6.45, 7) is 1.90. The van der Waals surface area contributed by atoms with Crippen LogP contribution in [0.1, 0.15) is 23.6 Å². The van der Waals surface area contributed by atoms with Crippen LogP contribution in [0.3, 0.4) is 0 Å². The molecule has 0 saturated carbocycles. The van der Waals surface area contributed by atoms with E-state index in [1.54, 1.807) is 0 Å². The Labute approximate surface area is 148 Å². The van der Waals surface area contributed by atoms with Crippen LogP contribution in [0.4, 0.5) is 0 Å². The van der Waals surface area contributed by atoms with Crippen molar-refractivity contribution in [2.45, 2.75) is 18.0 Å². The summed E-state index contributed by atoms with van der Waals surface area (Å²) < 4.78 is 18.1. The van der Waals surface area contributed by atoms with Gasteiger partial charge in [0.25, 0.3) is 0 Å². The van der Waals surface area contributed by atoms with Crippen LogP contribution in [0.25, 0.3) is 0 Å². The molecular formula is C21H21NO3. The van der Waals surface area contributed by atoms with E-state index in [1.165, 1.54) is 0 Å². The highest BCUT2D eigenvalue weighted by molar-refractivity contribution is 5.25. The van der Waals surface area contributed by atoms with Gasteiger partial charge in [-0.1, -0.05) is 66.6 Å². The third-order valence-electron chi connectivity index (χ3n) is 4.80. The maximum atomic E-state index is 6.21. The van der Waals surface area contributed by atoms with E-state index in [2.05, 4.69) is 35.1 Å². The molecule has 0 amide bonds. The Morgan fingerprint density at radius 2 is 1.48 bits per heavy atom. The first-order chi connectivity index (χ1) is 12.3. The van der Waals surface area contributed by atoms with Gasteiger partial charge in [0.1, 0.15) is 19.1 Å². The highest BCUT2D eigenvalue weighted by Gasteiger charge is 2.56. The minimum Gasteiger partial charge on any atom is -0.367 e. The monoisotopic (exact) mass is 335 g/mol. The molecule has 4 heteroatoms. The molecule has 2 saturated heterocycles. The van der Waals surface area contributed by atoms with Gasteiger partial charge in [-0.25, -0.2) is 4.90 Å². The Balaban J connectivity index is 1.68. The van der Waals surface area contributed by atoms with Crippen molar-refractivity contribution in [3.63, 3.8) is 0 Å². The van der Waals surface area contributed by atoms with Gasteiger partial charge in [-0.05, 0) is 11.1 Å². The van der Waals surface area contributed by atoms with E-state index in [9.17, 15) is 0 Å². The third kappa shape index (κ3) is 2.97. The summed E-state index contributed by atoms with van der Waals surface area (Å²) in [5.41, 5.74) is 1.92. The lowest BCUT2D eigenvalue weighted by Gasteiger charge is -2.33.